The first-order chi connectivity index (χ1) is 4.68. The van der Waals surface area contributed by atoms with Crippen molar-refractivity contribution in [3.8, 4) is 0 Å². The van der Waals surface area contributed by atoms with Crippen LogP contribution in [-0.2, 0) is 9.59 Å². The first kappa shape index (κ1) is 12.6. The Bertz CT molecular complexity index is 143. The third-order valence-electron chi connectivity index (χ3n) is 0.739. The van der Waals surface area contributed by atoms with Crippen LogP contribution in [0.15, 0.2) is 0 Å². The predicted octanol–water partition coefficient (Wildman–Crippen LogP) is 0.00940. The molecule has 0 unspecified atom stereocenters. The molecular weight excluding hydrogens is 144 g/mol. The summed E-state index contributed by atoms with van der Waals surface area (Å²) in [7, 11) is 0. The molecule has 0 saturated carbocycles. The first-order valence-corrected chi connectivity index (χ1v) is 3.24. The average molecular weight is 160 g/mol. The maximum absolute atomic E-state index is 10.2. The highest BCUT2D eigenvalue weighted by molar-refractivity contribution is 5.79. The SMILES string of the molecule is CC(C)(C)C(N)=O.CC(N)=O. The molecule has 0 fully saturated rings. The van der Waals surface area contributed by atoms with E-state index in [1.807, 2.05) is 0 Å². The summed E-state index contributed by atoms with van der Waals surface area (Å²) in [4.78, 5) is 19.5. The van der Waals surface area contributed by atoms with Gasteiger partial charge in [-0.25, -0.2) is 0 Å². The van der Waals surface area contributed by atoms with E-state index >= 15 is 0 Å². The summed E-state index contributed by atoms with van der Waals surface area (Å²) in [6, 6.07) is 0. The van der Waals surface area contributed by atoms with Crippen molar-refractivity contribution in [2.24, 2.45) is 16.9 Å². The number of rotatable bonds is 0. The molecule has 0 saturated heterocycles. The minimum atomic E-state index is -0.361. The largest absolute Gasteiger partial charge is 0.370 e. The summed E-state index contributed by atoms with van der Waals surface area (Å²) < 4.78 is 0. The lowest BCUT2D eigenvalue weighted by atomic mass is 9.96. The number of carbonyl (C=O) groups is 2. The normalized spacial score (nSPS) is 9.45. The highest BCUT2D eigenvalue weighted by atomic mass is 16.1. The van der Waals surface area contributed by atoms with Crippen molar-refractivity contribution in [1.82, 2.24) is 0 Å². The molecule has 0 aliphatic rings. The van der Waals surface area contributed by atoms with Crippen LogP contribution in [0.1, 0.15) is 27.7 Å². The minimum Gasteiger partial charge on any atom is -0.370 e. The van der Waals surface area contributed by atoms with Crippen LogP contribution in [0.4, 0.5) is 0 Å². The second-order valence-electron chi connectivity index (χ2n) is 3.22. The van der Waals surface area contributed by atoms with Gasteiger partial charge in [0.05, 0.1) is 0 Å². The molecule has 0 aromatic heterocycles. The number of hydrogen-bond acceptors (Lipinski definition) is 2. The van der Waals surface area contributed by atoms with Gasteiger partial charge in [-0.05, 0) is 0 Å². The minimum absolute atomic E-state index is 0.257. The average Bonchev–Trinajstić information content (AvgIpc) is 1.59. The van der Waals surface area contributed by atoms with E-state index in [0.717, 1.165) is 0 Å². The molecule has 4 nitrogen and oxygen atoms in total. The topological polar surface area (TPSA) is 86.2 Å². The Morgan fingerprint density at radius 2 is 1.18 bits per heavy atom. The van der Waals surface area contributed by atoms with Gasteiger partial charge < -0.3 is 11.5 Å². The molecule has 0 bridgehead atoms. The van der Waals surface area contributed by atoms with E-state index in [9.17, 15) is 9.59 Å². The van der Waals surface area contributed by atoms with Crippen molar-refractivity contribution in [1.29, 1.82) is 0 Å². The van der Waals surface area contributed by atoms with Crippen molar-refractivity contribution >= 4 is 11.8 Å². The molecule has 4 N–H and O–H groups in total. The fourth-order valence-electron chi connectivity index (χ4n) is 0. The lowest BCUT2D eigenvalue weighted by molar-refractivity contribution is -0.125. The van der Waals surface area contributed by atoms with E-state index in [4.69, 9.17) is 5.73 Å². The molecule has 0 aliphatic carbocycles. The third-order valence-corrected chi connectivity index (χ3v) is 0.739. The van der Waals surface area contributed by atoms with E-state index < -0.39 is 0 Å². The fraction of sp³-hybridized carbons (Fsp3) is 0.714. The Balaban J connectivity index is 0. The van der Waals surface area contributed by atoms with Crippen molar-refractivity contribution < 1.29 is 9.59 Å². The van der Waals surface area contributed by atoms with Gasteiger partial charge in [0.15, 0.2) is 0 Å². The van der Waals surface area contributed by atoms with Crippen LogP contribution in [0.25, 0.3) is 0 Å². The molecule has 0 aliphatic heterocycles. The van der Waals surface area contributed by atoms with Crippen LogP contribution >= 0.6 is 0 Å². The maximum Gasteiger partial charge on any atom is 0.222 e. The summed E-state index contributed by atoms with van der Waals surface area (Å²) in [5.74, 6) is -0.590. The molecule has 0 rings (SSSR count). The zero-order chi connectivity index (χ0) is 9.65. The molecule has 11 heavy (non-hydrogen) atoms. The Kier molecular flexibility index (Phi) is 5.39. The van der Waals surface area contributed by atoms with E-state index in [0.29, 0.717) is 0 Å². The van der Waals surface area contributed by atoms with Gasteiger partial charge in [-0.15, -0.1) is 0 Å². The summed E-state index contributed by atoms with van der Waals surface area (Å²) in [6.07, 6.45) is 0. The first-order valence-electron chi connectivity index (χ1n) is 3.24. The monoisotopic (exact) mass is 160 g/mol. The Hall–Kier alpha value is -1.06. The van der Waals surface area contributed by atoms with Gasteiger partial charge in [-0.3, -0.25) is 9.59 Å². The van der Waals surface area contributed by atoms with Crippen molar-refractivity contribution in [3.05, 3.63) is 0 Å². The molecule has 0 radical (unpaired) electrons. The molecule has 0 spiro atoms. The molecule has 4 heteroatoms. The van der Waals surface area contributed by atoms with Crippen molar-refractivity contribution in [2.45, 2.75) is 27.7 Å². The Morgan fingerprint density at radius 3 is 1.18 bits per heavy atom. The number of carbonyl (C=O) groups excluding carboxylic acids is 2. The summed E-state index contributed by atoms with van der Waals surface area (Å²) >= 11 is 0. The van der Waals surface area contributed by atoms with Gasteiger partial charge in [0, 0.05) is 12.3 Å². The van der Waals surface area contributed by atoms with E-state index in [2.05, 4.69) is 5.73 Å². The highest BCUT2D eigenvalue weighted by Crippen LogP contribution is 2.09. The molecule has 0 aromatic carbocycles. The maximum atomic E-state index is 10.2. The van der Waals surface area contributed by atoms with Gasteiger partial charge in [0.1, 0.15) is 0 Å². The zero-order valence-corrected chi connectivity index (χ0v) is 7.47. The molecule has 2 amide bonds. The Labute approximate surface area is 66.9 Å². The van der Waals surface area contributed by atoms with Crippen molar-refractivity contribution in [3.63, 3.8) is 0 Å². The molecular formula is C7H16N2O2. The summed E-state index contributed by atoms with van der Waals surface area (Å²) in [6.45, 7) is 6.67. The second-order valence-corrected chi connectivity index (χ2v) is 3.22. The molecule has 0 atom stereocenters. The highest BCUT2D eigenvalue weighted by Gasteiger charge is 2.16. The predicted molar refractivity (Wildman–Crippen MR) is 43.5 cm³/mol. The van der Waals surface area contributed by atoms with Gasteiger partial charge in [-0.2, -0.15) is 0 Å². The Morgan fingerprint density at radius 1 is 1.09 bits per heavy atom. The van der Waals surface area contributed by atoms with Crippen LogP contribution in [0.3, 0.4) is 0 Å². The fourth-order valence-corrected chi connectivity index (χ4v) is 0. The van der Waals surface area contributed by atoms with Crippen LogP contribution in [0.5, 0.6) is 0 Å². The molecule has 66 valence electrons. The summed E-state index contributed by atoms with van der Waals surface area (Å²) in [5.41, 5.74) is 9.04. The third kappa shape index (κ3) is 17.6. The van der Waals surface area contributed by atoms with Crippen LogP contribution in [-0.4, -0.2) is 11.8 Å². The molecule has 0 aromatic rings. The van der Waals surface area contributed by atoms with Crippen molar-refractivity contribution in [2.75, 3.05) is 0 Å². The zero-order valence-electron chi connectivity index (χ0n) is 7.47. The van der Waals surface area contributed by atoms with Gasteiger partial charge in [-0.1, -0.05) is 20.8 Å². The van der Waals surface area contributed by atoms with Gasteiger partial charge >= 0.3 is 0 Å². The standard InChI is InChI=1S/C5H11NO.C2H5NO/c1-5(2,3)4(6)7;1-2(3)4/h1-3H3,(H2,6,7);1H3,(H2,3,4). The molecule has 0 heterocycles. The second kappa shape index (κ2) is 4.71. The lowest BCUT2D eigenvalue weighted by Crippen LogP contribution is -2.27. The van der Waals surface area contributed by atoms with Gasteiger partial charge in [0.2, 0.25) is 11.8 Å². The number of nitrogens with two attached hydrogens (primary N) is 2. The number of primary amides is 2. The van der Waals surface area contributed by atoms with Crippen LogP contribution < -0.4 is 11.5 Å². The van der Waals surface area contributed by atoms with E-state index in [1.54, 1.807) is 20.8 Å². The van der Waals surface area contributed by atoms with Crippen LogP contribution in [0, 0.1) is 5.41 Å². The van der Waals surface area contributed by atoms with Crippen LogP contribution in [0.2, 0.25) is 0 Å². The van der Waals surface area contributed by atoms with E-state index in [-0.39, 0.29) is 17.2 Å². The number of amides is 2. The number of hydrogen-bond donors (Lipinski definition) is 2. The lowest BCUT2D eigenvalue weighted by Gasteiger charge is -2.10. The quantitative estimate of drug-likeness (QED) is 0.523. The smallest absolute Gasteiger partial charge is 0.222 e. The van der Waals surface area contributed by atoms with E-state index in [1.165, 1.54) is 6.92 Å². The van der Waals surface area contributed by atoms with Gasteiger partial charge in [0.25, 0.3) is 0 Å². The summed E-state index contributed by atoms with van der Waals surface area (Å²) in [5, 5.41) is 0.